The molecule has 0 aliphatic carbocycles. The van der Waals surface area contributed by atoms with E-state index >= 15 is 0 Å². The summed E-state index contributed by atoms with van der Waals surface area (Å²) >= 11 is 0. The molecule has 0 bridgehead atoms. The van der Waals surface area contributed by atoms with Gasteiger partial charge in [-0.25, -0.2) is 4.39 Å². The lowest BCUT2D eigenvalue weighted by atomic mass is 9.82. The molecule has 0 amide bonds. The van der Waals surface area contributed by atoms with Crippen molar-refractivity contribution in [1.82, 2.24) is 4.90 Å². The number of carboxylic acid groups (broad SMARTS) is 1. The Morgan fingerprint density at radius 2 is 1.81 bits per heavy atom. The average molecular weight is 390 g/mol. The molecule has 2 aromatic carbocycles. The van der Waals surface area contributed by atoms with Crippen LogP contribution in [0.25, 0.3) is 5.57 Å². The fraction of sp³-hybridized carbons (Fsp3) is 0.286. The van der Waals surface area contributed by atoms with Crippen molar-refractivity contribution in [3.63, 3.8) is 0 Å². The molecule has 1 fully saturated rings. The third-order valence-electron chi connectivity index (χ3n) is 5.11. The summed E-state index contributed by atoms with van der Waals surface area (Å²) in [4.78, 5) is 12.9. The predicted octanol–water partition coefficient (Wildman–Crippen LogP) is 3.99. The summed E-state index contributed by atoms with van der Waals surface area (Å²) in [6, 6.07) is 14.7. The number of piperidine rings is 1. The third kappa shape index (κ3) is 3.84. The Morgan fingerprint density at radius 3 is 2.48 bits per heavy atom. The molecule has 6 heteroatoms. The molecular formula is C21H21ClFNO3. The molecule has 2 aliphatic rings. The molecule has 0 radical (unpaired) electrons. The van der Waals surface area contributed by atoms with Crippen LogP contribution in [-0.2, 0) is 4.79 Å². The minimum Gasteiger partial charge on any atom is -0.482 e. The number of benzene rings is 2. The van der Waals surface area contributed by atoms with Crippen molar-refractivity contribution < 1.29 is 19.0 Å². The van der Waals surface area contributed by atoms with Crippen molar-refractivity contribution in [2.45, 2.75) is 18.4 Å². The van der Waals surface area contributed by atoms with Crippen LogP contribution in [0.3, 0.4) is 0 Å². The van der Waals surface area contributed by atoms with E-state index in [1.165, 1.54) is 6.07 Å². The van der Waals surface area contributed by atoms with Gasteiger partial charge < -0.3 is 9.84 Å². The Labute approximate surface area is 163 Å². The maximum absolute atomic E-state index is 14.6. The van der Waals surface area contributed by atoms with Crippen LogP contribution < -0.4 is 4.74 Å². The minimum absolute atomic E-state index is 0. The largest absolute Gasteiger partial charge is 0.482 e. The monoisotopic (exact) mass is 389 g/mol. The number of nitrogens with zero attached hydrogens (tertiary/aromatic N) is 1. The average Bonchev–Trinajstić information content (AvgIpc) is 2.64. The SMILES string of the molecule is Cl.O=C(O)CN1CCC2(C=C(c3ccccc3)c3c(F)cccc3O2)CC1. The highest BCUT2D eigenvalue weighted by molar-refractivity contribution is 5.85. The van der Waals surface area contributed by atoms with Crippen molar-refractivity contribution in [2.75, 3.05) is 19.6 Å². The van der Waals surface area contributed by atoms with E-state index in [1.54, 1.807) is 12.1 Å². The van der Waals surface area contributed by atoms with Crippen molar-refractivity contribution in [3.05, 3.63) is 71.6 Å². The number of hydrogen-bond acceptors (Lipinski definition) is 3. The maximum Gasteiger partial charge on any atom is 0.317 e. The van der Waals surface area contributed by atoms with Gasteiger partial charge in [0.25, 0.3) is 0 Å². The van der Waals surface area contributed by atoms with E-state index in [0.717, 1.165) is 11.1 Å². The van der Waals surface area contributed by atoms with E-state index in [1.807, 2.05) is 41.3 Å². The highest BCUT2D eigenvalue weighted by atomic mass is 35.5. The number of hydrogen-bond donors (Lipinski definition) is 1. The molecule has 27 heavy (non-hydrogen) atoms. The second-order valence-electron chi connectivity index (χ2n) is 6.87. The number of carboxylic acids is 1. The summed E-state index contributed by atoms with van der Waals surface area (Å²) in [5, 5.41) is 8.99. The van der Waals surface area contributed by atoms with Gasteiger partial charge in [0, 0.05) is 25.9 Å². The number of aliphatic carboxylic acids is 1. The molecule has 142 valence electrons. The van der Waals surface area contributed by atoms with Gasteiger partial charge >= 0.3 is 5.97 Å². The number of carbonyl (C=O) groups is 1. The Bertz CT molecular complexity index is 861. The molecule has 0 unspecified atom stereocenters. The van der Waals surface area contributed by atoms with E-state index in [4.69, 9.17) is 9.84 Å². The molecule has 0 atom stereocenters. The van der Waals surface area contributed by atoms with Crippen molar-refractivity contribution in [2.24, 2.45) is 0 Å². The normalized spacial score (nSPS) is 18.0. The highest BCUT2D eigenvalue weighted by Gasteiger charge is 2.40. The topological polar surface area (TPSA) is 49.8 Å². The van der Waals surface area contributed by atoms with E-state index in [-0.39, 0.29) is 24.8 Å². The zero-order valence-electron chi connectivity index (χ0n) is 14.7. The molecule has 1 spiro atoms. The fourth-order valence-electron chi connectivity index (χ4n) is 3.81. The van der Waals surface area contributed by atoms with E-state index in [9.17, 15) is 9.18 Å². The van der Waals surface area contributed by atoms with Crippen molar-refractivity contribution in [1.29, 1.82) is 0 Å². The number of halogens is 2. The number of fused-ring (bicyclic) bond motifs is 1. The van der Waals surface area contributed by atoms with Crippen molar-refractivity contribution >= 4 is 23.9 Å². The van der Waals surface area contributed by atoms with Crippen LogP contribution in [0.4, 0.5) is 4.39 Å². The Balaban J connectivity index is 0.00000210. The van der Waals surface area contributed by atoms with E-state index in [0.29, 0.717) is 37.2 Å². The molecule has 1 N–H and O–H groups in total. The first kappa shape index (κ1) is 19.4. The first-order valence-corrected chi connectivity index (χ1v) is 8.77. The van der Waals surface area contributed by atoms with Gasteiger partial charge in [0.2, 0.25) is 0 Å². The Kier molecular flexibility index (Phi) is 5.53. The molecular weight excluding hydrogens is 369 g/mol. The molecule has 0 saturated carbocycles. The maximum atomic E-state index is 14.6. The standard InChI is InChI=1S/C21H20FNO3.ClH/c22-17-7-4-8-18-20(17)16(15-5-2-1-3-6-15)13-21(26-18)9-11-23(12-10-21)14-19(24)25;/h1-8,13H,9-12,14H2,(H,24,25);1H. The van der Waals surface area contributed by atoms with Crippen LogP contribution in [0.1, 0.15) is 24.0 Å². The second kappa shape index (κ2) is 7.71. The van der Waals surface area contributed by atoms with Crippen LogP contribution >= 0.6 is 12.4 Å². The summed E-state index contributed by atoms with van der Waals surface area (Å²) in [5.41, 5.74) is 1.77. The lowest BCUT2D eigenvalue weighted by Gasteiger charge is -2.42. The quantitative estimate of drug-likeness (QED) is 0.862. The predicted molar refractivity (Wildman–Crippen MR) is 104 cm³/mol. The summed E-state index contributed by atoms with van der Waals surface area (Å²) < 4.78 is 20.8. The van der Waals surface area contributed by atoms with Crippen LogP contribution in [-0.4, -0.2) is 41.2 Å². The molecule has 4 nitrogen and oxygen atoms in total. The number of ether oxygens (including phenoxy) is 1. The lowest BCUT2D eigenvalue weighted by molar-refractivity contribution is -0.139. The first-order chi connectivity index (χ1) is 12.6. The minimum atomic E-state index is -0.821. The van der Waals surface area contributed by atoms with Gasteiger partial charge in [-0.15, -0.1) is 12.4 Å². The van der Waals surface area contributed by atoms with E-state index in [2.05, 4.69) is 0 Å². The summed E-state index contributed by atoms with van der Waals surface area (Å²) in [6.07, 6.45) is 3.38. The third-order valence-corrected chi connectivity index (χ3v) is 5.11. The summed E-state index contributed by atoms with van der Waals surface area (Å²) in [5.74, 6) is -0.563. The molecule has 2 aliphatic heterocycles. The lowest BCUT2D eigenvalue weighted by Crippen LogP contribution is -2.49. The Hall–Kier alpha value is -2.37. The first-order valence-electron chi connectivity index (χ1n) is 8.77. The van der Waals surface area contributed by atoms with Gasteiger partial charge in [0.1, 0.15) is 17.2 Å². The van der Waals surface area contributed by atoms with Crippen LogP contribution in [0, 0.1) is 5.82 Å². The molecule has 1 saturated heterocycles. The molecule has 4 rings (SSSR count). The van der Waals surface area contributed by atoms with Gasteiger partial charge in [-0.2, -0.15) is 0 Å². The molecule has 2 aromatic rings. The van der Waals surface area contributed by atoms with Gasteiger partial charge in [-0.3, -0.25) is 9.69 Å². The zero-order chi connectivity index (χ0) is 18.1. The second-order valence-corrected chi connectivity index (χ2v) is 6.87. The van der Waals surface area contributed by atoms with E-state index < -0.39 is 11.6 Å². The van der Waals surface area contributed by atoms with Gasteiger partial charge in [0.15, 0.2) is 0 Å². The van der Waals surface area contributed by atoms with Crippen LogP contribution in [0.5, 0.6) is 5.75 Å². The number of rotatable bonds is 3. The summed E-state index contributed by atoms with van der Waals surface area (Å²) in [7, 11) is 0. The van der Waals surface area contributed by atoms with Crippen LogP contribution in [0.2, 0.25) is 0 Å². The zero-order valence-corrected chi connectivity index (χ0v) is 15.5. The fourth-order valence-corrected chi connectivity index (χ4v) is 3.81. The Morgan fingerprint density at radius 1 is 1.11 bits per heavy atom. The summed E-state index contributed by atoms with van der Waals surface area (Å²) in [6.45, 7) is 1.31. The van der Waals surface area contributed by atoms with Gasteiger partial charge in [-0.1, -0.05) is 36.4 Å². The van der Waals surface area contributed by atoms with Crippen molar-refractivity contribution in [3.8, 4) is 5.75 Å². The van der Waals surface area contributed by atoms with Gasteiger partial charge in [-0.05, 0) is 29.3 Å². The van der Waals surface area contributed by atoms with Crippen LogP contribution in [0.15, 0.2) is 54.6 Å². The highest BCUT2D eigenvalue weighted by Crippen LogP contribution is 2.44. The number of likely N-dealkylation sites (tertiary alicyclic amines) is 1. The van der Waals surface area contributed by atoms with Gasteiger partial charge in [0.05, 0.1) is 12.1 Å². The molecule has 0 aromatic heterocycles. The smallest absolute Gasteiger partial charge is 0.317 e. The molecule has 2 heterocycles.